The number of carboxylic acids is 1. The van der Waals surface area contributed by atoms with Crippen LogP contribution < -0.4 is 10.2 Å². The van der Waals surface area contributed by atoms with Crippen LogP contribution in [0.15, 0.2) is 24.3 Å². The number of aliphatic carboxylic acids is 1. The van der Waals surface area contributed by atoms with Gasteiger partial charge in [0.25, 0.3) is 5.91 Å². The van der Waals surface area contributed by atoms with Gasteiger partial charge in [0.05, 0.1) is 24.3 Å². The summed E-state index contributed by atoms with van der Waals surface area (Å²) in [6.45, 7) is 0.367. The van der Waals surface area contributed by atoms with Gasteiger partial charge in [-0.2, -0.15) is 0 Å². The number of hydrogen-bond donors (Lipinski definition) is 2. The molecule has 0 bridgehead atoms. The molecule has 1 aliphatic carbocycles. The molecule has 1 saturated carbocycles. The van der Waals surface area contributed by atoms with Gasteiger partial charge in [-0.3, -0.25) is 24.2 Å². The lowest BCUT2D eigenvalue weighted by Crippen LogP contribution is -2.62. The topological polar surface area (TPSA) is 90.0 Å². The molecule has 0 atom stereocenters. The maximum Gasteiger partial charge on any atom is 0.304 e. The number of fused-ring (bicyclic) bond motifs is 1. The second-order valence-corrected chi connectivity index (χ2v) is 6.82. The van der Waals surface area contributed by atoms with Gasteiger partial charge in [-0.1, -0.05) is 25.0 Å². The number of halogens is 1. The van der Waals surface area contributed by atoms with Crippen molar-refractivity contribution in [2.75, 3.05) is 30.4 Å². The average molecular weight is 382 g/mol. The number of carbonyl (C=O) groups is 3. The van der Waals surface area contributed by atoms with Crippen molar-refractivity contribution in [3.8, 4) is 0 Å². The molecule has 142 valence electrons. The van der Waals surface area contributed by atoms with Crippen LogP contribution in [0.25, 0.3) is 0 Å². The molecule has 26 heavy (non-hydrogen) atoms. The third-order valence-electron chi connectivity index (χ3n) is 5.04. The van der Waals surface area contributed by atoms with Crippen molar-refractivity contribution in [2.45, 2.75) is 37.6 Å². The molecule has 2 aliphatic rings. The molecule has 0 saturated heterocycles. The molecule has 1 aliphatic heterocycles. The molecular formula is C18H24ClN3O4. The second kappa shape index (κ2) is 8.05. The van der Waals surface area contributed by atoms with E-state index in [1.807, 2.05) is 18.2 Å². The van der Waals surface area contributed by atoms with Crippen LogP contribution in [0.5, 0.6) is 0 Å². The van der Waals surface area contributed by atoms with Gasteiger partial charge in [0.15, 0.2) is 0 Å². The van der Waals surface area contributed by atoms with Crippen molar-refractivity contribution in [3.05, 3.63) is 24.3 Å². The number of carboxylic acid groups (broad SMARTS) is 1. The highest BCUT2D eigenvalue weighted by Crippen LogP contribution is 2.45. The molecular weight excluding hydrogens is 358 g/mol. The summed E-state index contributed by atoms with van der Waals surface area (Å²) in [5, 5.41) is 11.7. The summed E-state index contributed by atoms with van der Waals surface area (Å²) in [5.74, 6) is -1.18. The maximum atomic E-state index is 13.1. The summed E-state index contributed by atoms with van der Waals surface area (Å²) in [6, 6.07) is 7.33. The monoisotopic (exact) mass is 381 g/mol. The molecule has 7 nitrogen and oxygen atoms in total. The van der Waals surface area contributed by atoms with Gasteiger partial charge >= 0.3 is 5.97 Å². The average Bonchev–Trinajstić information content (AvgIpc) is 3.04. The first-order chi connectivity index (χ1) is 11.9. The Bertz CT molecular complexity index is 703. The largest absolute Gasteiger partial charge is 0.481 e. The van der Waals surface area contributed by atoms with E-state index in [0.29, 0.717) is 18.5 Å². The lowest BCUT2D eigenvalue weighted by Gasteiger charge is -2.44. The minimum atomic E-state index is -0.894. The van der Waals surface area contributed by atoms with E-state index in [0.717, 1.165) is 18.5 Å². The van der Waals surface area contributed by atoms with E-state index in [1.165, 1.54) is 0 Å². The summed E-state index contributed by atoms with van der Waals surface area (Å²) in [7, 11) is 1.72. The number of rotatable bonds is 5. The van der Waals surface area contributed by atoms with Gasteiger partial charge in [-0.05, 0) is 32.0 Å². The van der Waals surface area contributed by atoms with E-state index in [-0.39, 0.29) is 43.7 Å². The fraction of sp³-hybridized carbons (Fsp3) is 0.500. The molecule has 1 aromatic carbocycles. The predicted molar refractivity (Wildman–Crippen MR) is 101 cm³/mol. The first-order valence-electron chi connectivity index (χ1n) is 8.58. The molecule has 0 radical (unpaired) electrons. The summed E-state index contributed by atoms with van der Waals surface area (Å²) in [4.78, 5) is 40.0. The van der Waals surface area contributed by atoms with Crippen molar-refractivity contribution in [1.82, 2.24) is 4.90 Å². The minimum absolute atomic E-state index is 0. The zero-order chi connectivity index (χ0) is 18.0. The van der Waals surface area contributed by atoms with Crippen LogP contribution in [0, 0.1) is 0 Å². The number of carbonyl (C=O) groups excluding carboxylic acids is 2. The van der Waals surface area contributed by atoms with Gasteiger partial charge in [-0.25, -0.2) is 0 Å². The fourth-order valence-electron chi connectivity index (χ4n) is 3.80. The molecule has 1 heterocycles. The smallest absolute Gasteiger partial charge is 0.304 e. The highest BCUT2D eigenvalue weighted by molar-refractivity contribution is 6.15. The van der Waals surface area contributed by atoms with Crippen molar-refractivity contribution < 1.29 is 19.5 Å². The Kier molecular flexibility index (Phi) is 6.26. The second-order valence-electron chi connectivity index (χ2n) is 6.82. The number of nitrogens with zero attached hydrogens (tertiary/aromatic N) is 2. The molecule has 0 unspecified atom stereocenters. The van der Waals surface area contributed by atoms with Crippen LogP contribution in [-0.2, 0) is 14.4 Å². The highest BCUT2D eigenvalue weighted by Gasteiger charge is 2.52. The van der Waals surface area contributed by atoms with Crippen molar-refractivity contribution >= 4 is 41.6 Å². The van der Waals surface area contributed by atoms with Crippen LogP contribution >= 0.6 is 12.4 Å². The van der Waals surface area contributed by atoms with Crippen LogP contribution in [0.2, 0.25) is 0 Å². The minimum Gasteiger partial charge on any atom is -0.481 e. The van der Waals surface area contributed by atoms with E-state index in [4.69, 9.17) is 5.11 Å². The van der Waals surface area contributed by atoms with Crippen molar-refractivity contribution in [1.29, 1.82) is 0 Å². The lowest BCUT2D eigenvalue weighted by molar-refractivity contribution is -0.137. The highest BCUT2D eigenvalue weighted by atomic mass is 35.5. The zero-order valence-electron chi connectivity index (χ0n) is 14.7. The van der Waals surface area contributed by atoms with E-state index in [1.54, 1.807) is 22.9 Å². The first-order valence-corrected chi connectivity index (χ1v) is 8.58. The Hall–Kier alpha value is -2.12. The van der Waals surface area contributed by atoms with E-state index in [9.17, 15) is 14.4 Å². The number of likely N-dealkylation sites (N-methyl/N-ethyl adjacent to an activating group) is 1. The molecule has 1 aromatic rings. The van der Waals surface area contributed by atoms with Gasteiger partial charge in [0.1, 0.15) is 5.54 Å². The van der Waals surface area contributed by atoms with Crippen molar-refractivity contribution in [2.24, 2.45) is 0 Å². The van der Waals surface area contributed by atoms with E-state index >= 15 is 0 Å². The predicted octanol–water partition coefficient (Wildman–Crippen LogP) is 2.11. The zero-order valence-corrected chi connectivity index (χ0v) is 15.6. The van der Waals surface area contributed by atoms with Gasteiger partial charge in [-0.15, -0.1) is 12.4 Å². The Morgan fingerprint density at radius 2 is 1.92 bits per heavy atom. The fourth-order valence-corrected chi connectivity index (χ4v) is 3.80. The molecule has 2 N–H and O–H groups in total. The standard InChI is InChI=1S/C18H23N3O4.ClH/c1-20(11-8-16(23)24)12-15(22)21-14-7-3-2-6-13(14)19-17(25)18(21)9-4-5-10-18;/h2-3,6-7H,4-5,8-12H2,1H3,(H,19,25)(H,23,24);1H. The number of anilines is 2. The maximum absolute atomic E-state index is 13.1. The molecule has 8 heteroatoms. The van der Waals surface area contributed by atoms with E-state index in [2.05, 4.69) is 5.32 Å². The molecule has 1 spiro atoms. The Balaban J connectivity index is 0.00000243. The van der Waals surface area contributed by atoms with E-state index < -0.39 is 11.5 Å². The number of para-hydroxylation sites is 2. The summed E-state index contributed by atoms with van der Waals surface area (Å²) < 4.78 is 0. The normalized spacial score (nSPS) is 17.6. The van der Waals surface area contributed by atoms with Crippen LogP contribution in [-0.4, -0.2) is 53.5 Å². The SMILES string of the molecule is CN(CCC(=O)O)CC(=O)N1c2ccccc2NC(=O)C12CCCC2.Cl. The number of nitrogens with one attached hydrogen (secondary N) is 1. The van der Waals surface area contributed by atoms with Crippen LogP contribution in [0.4, 0.5) is 11.4 Å². The molecule has 3 rings (SSSR count). The van der Waals surface area contributed by atoms with Crippen LogP contribution in [0.3, 0.4) is 0 Å². The molecule has 1 fully saturated rings. The third kappa shape index (κ3) is 3.68. The quantitative estimate of drug-likeness (QED) is 0.815. The summed E-state index contributed by atoms with van der Waals surface area (Å²) in [6.07, 6.45) is 3.10. The lowest BCUT2D eigenvalue weighted by atomic mass is 9.89. The van der Waals surface area contributed by atoms with Gasteiger partial charge in [0, 0.05) is 6.54 Å². The van der Waals surface area contributed by atoms with Crippen LogP contribution in [0.1, 0.15) is 32.1 Å². The summed E-state index contributed by atoms with van der Waals surface area (Å²) >= 11 is 0. The number of amides is 2. The summed E-state index contributed by atoms with van der Waals surface area (Å²) in [5.41, 5.74) is 0.547. The number of hydrogen-bond acceptors (Lipinski definition) is 4. The van der Waals surface area contributed by atoms with Gasteiger partial charge < -0.3 is 10.4 Å². The Labute approximate surface area is 158 Å². The third-order valence-corrected chi connectivity index (χ3v) is 5.04. The van der Waals surface area contributed by atoms with Crippen molar-refractivity contribution in [3.63, 3.8) is 0 Å². The first kappa shape index (κ1) is 20.2. The number of benzene rings is 1. The molecule has 2 amide bonds. The van der Waals surface area contributed by atoms with Gasteiger partial charge in [0.2, 0.25) is 5.91 Å². The Morgan fingerprint density at radius 3 is 2.58 bits per heavy atom. The Morgan fingerprint density at radius 1 is 1.27 bits per heavy atom. The molecule has 0 aromatic heterocycles.